The average molecular weight is 304 g/mol. The summed E-state index contributed by atoms with van der Waals surface area (Å²) in [6.45, 7) is 9.41. The van der Waals surface area contributed by atoms with Crippen LogP contribution < -0.4 is 0 Å². The lowest BCUT2D eigenvalue weighted by molar-refractivity contribution is -0.199. The highest BCUT2D eigenvalue weighted by Gasteiger charge is 2.67. The van der Waals surface area contributed by atoms with Crippen molar-refractivity contribution in [3.05, 3.63) is 0 Å². The van der Waals surface area contributed by atoms with E-state index in [9.17, 15) is 9.90 Å². The number of aliphatic hydroxyl groups is 1. The zero-order chi connectivity index (χ0) is 15.9. The van der Waals surface area contributed by atoms with Gasteiger partial charge in [-0.05, 0) is 67.1 Å². The second kappa shape index (κ2) is 4.37. The number of hydrogen-bond acceptors (Lipinski definition) is 2. The van der Waals surface area contributed by atoms with E-state index in [1.165, 1.54) is 19.3 Å². The summed E-state index contributed by atoms with van der Waals surface area (Å²) in [5.74, 6) is 2.38. The first-order valence-corrected chi connectivity index (χ1v) is 9.41. The molecule has 4 aliphatic rings. The Balaban J connectivity index is 1.80. The Morgan fingerprint density at radius 2 is 1.77 bits per heavy atom. The number of rotatable bonds is 0. The van der Waals surface area contributed by atoms with E-state index >= 15 is 0 Å². The quantitative estimate of drug-likeness (QED) is 0.728. The van der Waals surface area contributed by atoms with Gasteiger partial charge in [-0.25, -0.2) is 0 Å². The summed E-state index contributed by atoms with van der Waals surface area (Å²) in [7, 11) is 0. The van der Waals surface area contributed by atoms with E-state index < -0.39 is 0 Å². The molecule has 4 fully saturated rings. The van der Waals surface area contributed by atoms with Crippen LogP contribution in [0.5, 0.6) is 0 Å². The normalized spacial score (nSPS) is 56.4. The second-order valence-electron chi connectivity index (χ2n) is 10.1. The summed E-state index contributed by atoms with van der Waals surface area (Å²) in [5.41, 5.74) is 0.613. The fourth-order valence-electron chi connectivity index (χ4n) is 7.73. The Labute approximate surface area is 135 Å². The lowest BCUT2D eigenvalue weighted by atomic mass is 9.40. The molecule has 7 atom stereocenters. The van der Waals surface area contributed by atoms with Gasteiger partial charge in [0.25, 0.3) is 0 Å². The van der Waals surface area contributed by atoms with E-state index in [1.807, 2.05) is 0 Å². The SMILES string of the molecule is C[C@@H]1C[C@@]23CC[C@@H]4C(C)(C)CC[C@H](O)[C@@]4(C)[C@@H]2CC(=O)[C@H]1C3. The van der Waals surface area contributed by atoms with Crippen LogP contribution in [0.3, 0.4) is 0 Å². The summed E-state index contributed by atoms with van der Waals surface area (Å²) in [5, 5.41) is 11.0. The highest BCUT2D eigenvalue weighted by Crippen LogP contribution is 2.71. The van der Waals surface area contributed by atoms with E-state index in [-0.39, 0.29) is 11.5 Å². The maximum Gasteiger partial charge on any atom is 0.136 e. The van der Waals surface area contributed by atoms with Gasteiger partial charge in [0.05, 0.1) is 6.10 Å². The monoisotopic (exact) mass is 304 g/mol. The molecule has 0 unspecified atom stereocenters. The predicted molar refractivity (Wildman–Crippen MR) is 87.3 cm³/mol. The fraction of sp³-hybridized carbons (Fsp3) is 0.950. The van der Waals surface area contributed by atoms with Crippen molar-refractivity contribution in [2.24, 2.45) is 39.9 Å². The van der Waals surface area contributed by atoms with Crippen molar-refractivity contribution in [1.82, 2.24) is 0 Å². The van der Waals surface area contributed by atoms with E-state index in [4.69, 9.17) is 0 Å². The van der Waals surface area contributed by atoms with Crippen molar-refractivity contribution in [3.63, 3.8) is 0 Å². The Bertz CT molecular complexity index is 510. The summed E-state index contributed by atoms with van der Waals surface area (Å²) in [4.78, 5) is 12.7. The highest BCUT2D eigenvalue weighted by molar-refractivity contribution is 5.83. The first kappa shape index (κ1) is 15.2. The van der Waals surface area contributed by atoms with Crippen LogP contribution in [-0.2, 0) is 4.79 Å². The molecule has 0 saturated heterocycles. The van der Waals surface area contributed by atoms with Crippen LogP contribution in [0.2, 0.25) is 0 Å². The number of fused-ring (bicyclic) bond motifs is 3. The molecule has 1 spiro atoms. The molecule has 2 heteroatoms. The van der Waals surface area contributed by atoms with Crippen LogP contribution >= 0.6 is 0 Å². The smallest absolute Gasteiger partial charge is 0.136 e. The zero-order valence-electron chi connectivity index (χ0n) is 14.7. The molecule has 0 aromatic heterocycles. The summed E-state index contributed by atoms with van der Waals surface area (Å²) >= 11 is 0. The van der Waals surface area contributed by atoms with Gasteiger partial charge in [0.2, 0.25) is 0 Å². The van der Waals surface area contributed by atoms with E-state index in [0.29, 0.717) is 40.3 Å². The topological polar surface area (TPSA) is 37.3 Å². The highest BCUT2D eigenvalue weighted by atomic mass is 16.3. The average Bonchev–Trinajstić information content (AvgIpc) is 2.72. The molecule has 22 heavy (non-hydrogen) atoms. The lowest BCUT2D eigenvalue weighted by Gasteiger charge is -2.65. The molecule has 0 aliphatic heterocycles. The molecule has 4 saturated carbocycles. The van der Waals surface area contributed by atoms with Crippen molar-refractivity contribution < 1.29 is 9.90 Å². The molecule has 0 heterocycles. The minimum absolute atomic E-state index is 0.0509. The van der Waals surface area contributed by atoms with Crippen LogP contribution in [0.4, 0.5) is 0 Å². The Morgan fingerprint density at radius 1 is 1.05 bits per heavy atom. The first-order chi connectivity index (χ1) is 10.2. The van der Waals surface area contributed by atoms with E-state index in [1.54, 1.807) is 0 Å². The van der Waals surface area contributed by atoms with Crippen molar-refractivity contribution in [1.29, 1.82) is 0 Å². The Kier molecular flexibility index (Phi) is 3.02. The lowest BCUT2D eigenvalue weighted by Crippen LogP contribution is -2.62. The number of carbonyl (C=O) groups is 1. The molecule has 4 aliphatic carbocycles. The molecule has 0 radical (unpaired) electrons. The first-order valence-electron chi connectivity index (χ1n) is 9.41. The number of aliphatic hydroxyl groups excluding tert-OH is 1. The minimum Gasteiger partial charge on any atom is -0.393 e. The Morgan fingerprint density at radius 3 is 2.50 bits per heavy atom. The van der Waals surface area contributed by atoms with Gasteiger partial charge in [-0.2, -0.15) is 0 Å². The summed E-state index contributed by atoms with van der Waals surface area (Å²) in [6, 6.07) is 0. The second-order valence-corrected chi connectivity index (χ2v) is 10.1. The van der Waals surface area contributed by atoms with Gasteiger partial charge in [-0.3, -0.25) is 4.79 Å². The molecule has 4 rings (SSSR count). The van der Waals surface area contributed by atoms with Crippen molar-refractivity contribution in [2.45, 2.75) is 78.7 Å². The molecule has 2 bridgehead atoms. The van der Waals surface area contributed by atoms with E-state index in [0.717, 1.165) is 25.7 Å². The molecular weight excluding hydrogens is 272 g/mol. The van der Waals surface area contributed by atoms with Gasteiger partial charge in [-0.15, -0.1) is 0 Å². The minimum atomic E-state index is -0.215. The van der Waals surface area contributed by atoms with Crippen LogP contribution in [0, 0.1) is 39.9 Å². The number of carbonyl (C=O) groups excluding carboxylic acids is 1. The maximum atomic E-state index is 12.7. The number of ketones is 1. The molecule has 124 valence electrons. The van der Waals surface area contributed by atoms with Gasteiger partial charge < -0.3 is 5.11 Å². The molecule has 0 amide bonds. The van der Waals surface area contributed by atoms with Crippen LogP contribution in [0.15, 0.2) is 0 Å². The predicted octanol–water partition coefficient (Wildman–Crippen LogP) is 4.21. The van der Waals surface area contributed by atoms with Gasteiger partial charge in [0, 0.05) is 17.8 Å². The third-order valence-corrected chi connectivity index (χ3v) is 8.76. The van der Waals surface area contributed by atoms with Crippen molar-refractivity contribution in [2.75, 3.05) is 0 Å². The molecule has 1 N–H and O–H groups in total. The number of Topliss-reactive ketones (excluding diaryl/α,β-unsaturated/α-hetero) is 1. The maximum absolute atomic E-state index is 12.7. The van der Waals surface area contributed by atoms with Gasteiger partial charge in [-0.1, -0.05) is 27.7 Å². The Hall–Kier alpha value is -0.370. The van der Waals surface area contributed by atoms with Gasteiger partial charge in [0.1, 0.15) is 5.78 Å². The van der Waals surface area contributed by atoms with Crippen LogP contribution in [0.1, 0.15) is 72.6 Å². The van der Waals surface area contributed by atoms with Crippen molar-refractivity contribution in [3.8, 4) is 0 Å². The third-order valence-electron chi connectivity index (χ3n) is 8.76. The summed E-state index contributed by atoms with van der Waals surface area (Å²) < 4.78 is 0. The van der Waals surface area contributed by atoms with Gasteiger partial charge >= 0.3 is 0 Å². The largest absolute Gasteiger partial charge is 0.393 e. The standard InChI is InChI=1S/C20H32O2/c1-12-10-20-8-5-15-18(2,3)7-6-17(22)19(15,4)16(20)9-14(21)13(12)11-20/h12-13,15-17,22H,5-11H2,1-4H3/t12-,13+,15-,16+,17+,19-,20-/m1/s1. The van der Waals surface area contributed by atoms with Crippen LogP contribution in [-0.4, -0.2) is 17.0 Å². The summed E-state index contributed by atoms with van der Waals surface area (Å²) in [6.07, 6.45) is 7.47. The molecule has 0 aromatic rings. The third kappa shape index (κ3) is 1.68. The molecular formula is C20H32O2. The number of hydrogen-bond donors (Lipinski definition) is 1. The van der Waals surface area contributed by atoms with Crippen molar-refractivity contribution >= 4 is 5.78 Å². The van der Waals surface area contributed by atoms with Crippen LogP contribution in [0.25, 0.3) is 0 Å². The molecule has 0 aromatic carbocycles. The van der Waals surface area contributed by atoms with E-state index in [2.05, 4.69) is 27.7 Å². The zero-order valence-corrected chi connectivity index (χ0v) is 14.7. The van der Waals surface area contributed by atoms with Gasteiger partial charge in [0.15, 0.2) is 0 Å². The fourth-order valence-corrected chi connectivity index (χ4v) is 7.73. The molecule has 2 nitrogen and oxygen atoms in total.